The van der Waals surface area contributed by atoms with Crippen molar-refractivity contribution in [2.45, 2.75) is 0 Å². The van der Waals surface area contributed by atoms with Gasteiger partial charge in [0.2, 0.25) is 0 Å². The monoisotopic (exact) mass is 582 g/mol. The average molecular weight is 583 g/mol. The second-order valence-corrected chi connectivity index (χ2v) is 9.93. The number of pyridine rings is 2. The maximum atomic E-state index is 13.5. The highest BCUT2D eigenvalue weighted by Crippen LogP contribution is 2.30. The lowest BCUT2D eigenvalue weighted by Crippen LogP contribution is -2.12. The van der Waals surface area contributed by atoms with Gasteiger partial charge in [0.1, 0.15) is 28.4 Å². The predicted molar refractivity (Wildman–Crippen MR) is 143 cm³/mol. The van der Waals surface area contributed by atoms with Gasteiger partial charge in [0.05, 0.1) is 15.0 Å². The SMILES string of the molecule is O=C(Nc1nc2c(F)cc(F)cc2s1)c1ccccn1.O=C(Nc1nc2c(F)cc(F)cc2s1)c1cccnc1. The van der Waals surface area contributed by atoms with E-state index in [9.17, 15) is 27.2 Å². The summed E-state index contributed by atoms with van der Waals surface area (Å²) in [6.07, 6.45) is 4.44. The van der Waals surface area contributed by atoms with Crippen LogP contribution in [-0.2, 0) is 0 Å². The maximum Gasteiger partial charge on any atom is 0.276 e. The molecule has 14 heteroatoms. The van der Waals surface area contributed by atoms with Gasteiger partial charge in [-0.15, -0.1) is 0 Å². The van der Waals surface area contributed by atoms with Crippen LogP contribution in [0.2, 0.25) is 0 Å². The summed E-state index contributed by atoms with van der Waals surface area (Å²) in [5.74, 6) is -3.72. The minimum atomic E-state index is -0.755. The molecule has 4 heterocycles. The summed E-state index contributed by atoms with van der Waals surface area (Å²) < 4.78 is 53.8. The number of rotatable bonds is 4. The van der Waals surface area contributed by atoms with Gasteiger partial charge in [0, 0.05) is 30.7 Å². The summed E-state index contributed by atoms with van der Waals surface area (Å²) in [6, 6.07) is 12.0. The number of fused-ring (bicyclic) bond motifs is 2. The van der Waals surface area contributed by atoms with Crippen LogP contribution in [0.4, 0.5) is 27.8 Å². The summed E-state index contributed by atoms with van der Waals surface area (Å²) in [6.45, 7) is 0. The lowest BCUT2D eigenvalue weighted by Gasteiger charge is -1.99. The molecule has 0 aliphatic heterocycles. The zero-order valence-electron chi connectivity index (χ0n) is 19.9. The molecule has 0 saturated carbocycles. The first-order valence-electron chi connectivity index (χ1n) is 11.2. The first kappa shape index (κ1) is 26.8. The molecule has 0 bridgehead atoms. The topological polar surface area (TPSA) is 110 Å². The molecule has 0 atom stereocenters. The molecule has 0 fully saturated rings. The number of nitrogens with one attached hydrogen (secondary N) is 2. The van der Waals surface area contributed by atoms with E-state index in [4.69, 9.17) is 0 Å². The molecule has 0 radical (unpaired) electrons. The van der Waals surface area contributed by atoms with Gasteiger partial charge in [0.25, 0.3) is 11.8 Å². The van der Waals surface area contributed by atoms with E-state index in [1.807, 2.05) is 0 Å². The molecular formula is C26H14F4N6O2S2. The van der Waals surface area contributed by atoms with Gasteiger partial charge in [-0.1, -0.05) is 28.7 Å². The number of anilines is 2. The largest absolute Gasteiger partial charge is 0.298 e. The van der Waals surface area contributed by atoms with E-state index in [2.05, 4.69) is 30.6 Å². The Hall–Kier alpha value is -4.82. The van der Waals surface area contributed by atoms with Gasteiger partial charge in [-0.05, 0) is 36.4 Å². The predicted octanol–water partition coefficient (Wildman–Crippen LogP) is 6.44. The van der Waals surface area contributed by atoms with Crippen molar-refractivity contribution in [3.8, 4) is 0 Å². The molecule has 4 aromatic heterocycles. The third kappa shape index (κ3) is 6.08. The summed E-state index contributed by atoms with van der Waals surface area (Å²) in [5, 5.41) is 5.45. The first-order valence-corrected chi connectivity index (χ1v) is 12.8. The Bertz CT molecular complexity index is 1710. The van der Waals surface area contributed by atoms with Crippen LogP contribution < -0.4 is 10.6 Å². The standard InChI is InChI=1S/2C13H7F2N3OS/c14-8-4-9(15)11-10(5-8)20-13(17-11)18-12(19)7-2-1-3-16-6-7;14-7-5-8(15)11-10(6-7)20-13(17-11)18-12(19)9-3-1-2-4-16-9/h2*1-6H,(H,17,18,19). The molecular weight excluding hydrogens is 568 g/mol. The molecule has 200 valence electrons. The molecule has 0 aliphatic carbocycles. The lowest BCUT2D eigenvalue weighted by molar-refractivity contribution is 0.101. The van der Waals surface area contributed by atoms with Gasteiger partial charge in [-0.2, -0.15) is 0 Å². The molecule has 2 aromatic carbocycles. The molecule has 6 aromatic rings. The number of thiazole rings is 2. The highest BCUT2D eigenvalue weighted by atomic mass is 32.1. The van der Waals surface area contributed by atoms with E-state index in [1.165, 1.54) is 24.5 Å². The number of amides is 2. The third-order valence-corrected chi connectivity index (χ3v) is 6.92. The van der Waals surface area contributed by atoms with Crippen LogP contribution in [0.5, 0.6) is 0 Å². The van der Waals surface area contributed by atoms with Crippen molar-refractivity contribution < 1.29 is 27.2 Å². The Balaban J connectivity index is 0.000000161. The van der Waals surface area contributed by atoms with Gasteiger partial charge < -0.3 is 0 Å². The van der Waals surface area contributed by atoms with Gasteiger partial charge >= 0.3 is 0 Å². The van der Waals surface area contributed by atoms with Gasteiger partial charge in [-0.3, -0.25) is 30.2 Å². The number of nitrogens with zero attached hydrogens (tertiary/aromatic N) is 4. The molecule has 6 rings (SSSR count). The number of benzene rings is 2. The molecule has 0 unspecified atom stereocenters. The number of hydrogen-bond donors (Lipinski definition) is 2. The zero-order chi connectivity index (χ0) is 28.2. The highest BCUT2D eigenvalue weighted by Gasteiger charge is 2.15. The second kappa shape index (κ2) is 11.5. The third-order valence-electron chi connectivity index (χ3n) is 5.09. The Labute approximate surface area is 230 Å². The molecule has 0 aliphatic rings. The normalized spacial score (nSPS) is 10.7. The van der Waals surface area contributed by atoms with Gasteiger partial charge in [-0.25, -0.2) is 27.5 Å². The molecule has 2 N–H and O–H groups in total. The second-order valence-electron chi connectivity index (χ2n) is 7.87. The first-order chi connectivity index (χ1) is 19.3. The van der Waals surface area contributed by atoms with Crippen LogP contribution in [0.3, 0.4) is 0 Å². The van der Waals surface area contributed by atoms with Crippen molar-refractivity contribution in [3.05, 3.63) is 108 Å². The van der Waals surface area contributed by atoms with Crippen LogP contribution in [0, 0.1) is 23.3 Å². The summed E-state index contributed by atoms with van der Waals surface area (Å²) >= 11 is 2.00. The van der Waals surface area contributed by atoms with Crippen LogP contribution in [0.1, 0.15) is 20.8 Å². The van der Waals surface area contributed by atoms with Crippen LogP contribution in [-0.4, -0.2) is 31.8 Å². The average Bonchev–Trinajstić information content (AvgIpc) is 3.53. The number of carbonyl (C=O) groups excluding carboxylic acids is 2. The molecule has 2 amide bonds. The maximum absolute atomic E-state index is 13.5. The smallest absolute Gasteiger partial charge is 0.276 e. The van der Waals surface area contributed by atoms with E-state index in [0.717, 1.165) is 34.8 Å². The fourth-order valence-electron chi connectivity index (χ4n) is 3.35. The molecule has 8 nitrogen and oxygen atoms in total. The number of aromatic nitrogens is 4. The van der Waals surface area contributed by atoms with Crippen molar-refractivity contribution in [1.82, 2.24) is 19.9 Å². The van der Waals surface area contributed by atoms with Crippen molar-refractivity contribution in [2.24, 2.45) is 0 Å². The van der Waals surface area contributed by atoms with Crippen molar-refractivity contribution in [1.29, 1.82) is 0 Å². The zero-order valence-corrected chi connectivity index (χ0v) is 21.5. The molecule has 0 saturated heterocycles. The summed E-state index contributed by atoms with van der Waals surface area (Å²) in [7, 11) is 0. The minimum Gasteiger partial charge on any atom is -0.298 e. The fraction of sp³-hybridized carbons (Fsp3) is 0. The van der Waals surface area contributed by atoms with E-state index >= 15 is 0 Å². The Morgan fingerprint density at radius 3 is 1.82 bits per heavy atom. The van der Waals surface area contributed by atoms with Crippen molar-refractivity contribution in [3.63, 3.8) is 0 Å². The molecule has 0 spiro atoms. The number of hydrogen-bond acceptors (Lipinski definition) is 8. The van der Waals surface area contributed by atoms with Crippen LogP contribution >= 0.6 is 22.7 Å². The van der Waals surface area contributed by atoms with E-state index in [0.29, 0.717) is 15.0 Å². The highest BCUT2D eigenvalue weighted by molar-refractivity contribution is 7.22. The van der Waals surface area contributed by atoms with E-state index < -0.39 is 35.1 Å². The Morgan fingerprint density at radius 2 is 1.30 bits per heavy atom. The fourth-order valence-corrected chi connectivity index (χ4v) is 5.15. The van der Waals surface area contributed by atoms with E-state index in [-0.39, 0.29) is 27.0 Å². The quantitative estimate of drug-likeness (QED) is 0.232. The summed E-state index contributed by atoms with van der Waals surface area (Å²) in [5.41, 5.74) is 0.655. The number of halogens is 4. The Kier molecular flexibility index (Phi) is 7.70. The Morgan fingerprint density at radius 1 is 0.700 bits per heavy atom. The minimum absolute atomic E-state index is 0.0349. The summed E-state index contributed by atoms with van der Waals surface area (Å²) in [4.78, 5) is 39.4. The number of carbonyl (C=O) groups is 2. The van der Waals surface area contributed by atoms with Crippen molar-refractivity contribution in [2.75, 3.05) is 10.6 Å². The van der Waals surface area contributed by atoms with Crippen LogP contribution in [0.15, 0.2) is 73.2 Å². The van der Waals surface area contributed by atoms with Gasteiger partial charge in [0.15, 0.2) is 21.9 Å². The molecule has 40 heavy (non-hydrogen) atoms. The van der Waals surface area contributed by atoms with E-state index in [1.54, 1.807) is 36.5 Å². The van der Waals surface area contributed by atoms with Crippen LogP contribution in [0.25, 0.3) is 20.4 Å². The van der Waals surface area contributed by atoms with Crippen molar-refractivity contribution >= 4 is 65.2 Å². The lowest BCUT2D eigenvalue weighted by atomic mass is 10.3.